The average Bonchev–Trinajstić information content (AvgIpc) is 2.97. The number of hydrogen-bond donors (Lipinski definition) is 2. The standard InChI is InChI=1S/C29H28N6O4S/c1-4-19(16-20-18-39-26-7-5-6-25-27(26)28(20)33-34-29(25)36)17-30-40(37,38)24-14-10-22(11-15-24)32-31-21-8-12-23(13-9-21)35(2)3/h4,6,8-16,18,30H,1,5,7,17H2,2-3H3,(H,34,36). The Morgan fingerprint density at radius 2 is 1.80 bits per heavy atom. The van der Waals surface area contributed by atoms with Crippen LogP contribution in [0.25, 0.3) is 17.4 Å². The highest BCUT2D eigenvalue weighted by Crippen LogP contribution is 2.24. The number of aromatic nitrogens is 2. The Balaban J connectivity index is 1.28. The largest absolute Gasteiger partial charge is 0.468 e. The number of rotatable bonds is 9. The van der Waals surface area contributed by atoms with Crippen molar-refractivity contribution in [1.29, 1.82) is 0 Å². The lowest BCUT2D eigenvalue weighted by Gasteiger charge is -2.18. The molecule has 0 bridgehead atoms. The maximum absolute atomic E-state index is 13.0. The molecule has 0 radical (unpaired) electrons. The summed E-state index contributed by atoms with van der Waals surface area (Å²) < 4.78 is 34.3. The van der Waals surface area contributed by atoms with Crippen molar-refractivity contribution in [2.45, 2.75) is 17.7 Å². The van der Waals surface area contributed by atoms with Crippen LogP contribution in [-0.2, 0) is 14.8 Å². The van der Waals surface area contributed by atoms with Gasteiger partial charge in [0.25, 0.3) is 5.56 Å². The van der Waals surface area contributed by atoms with E-state index in [9.17, 15) is 13.2 Å². The predicted octanol–water partition coefficient (Wildman–Crippen LogP) is 3.40. The molecule has 204 valence electrons. The third kappa shape index (κ3) is 5.70. The molecule has 1 aliphatic heterocycles. The number of nitrogens with zero attached hydrogens (tertiary/aromatic N) is 4. The topological polar surface area (TPSA) is 129 Å². The molecule has 0 atom stereocenters. The number of allylic oxidation sites excluding steroid dienone is 2. The Morgan fingerprint density at radius 3 is 2.45 bits per heavy atom. The number of nitrogens with one attached hydrogen (secondary N) is 2. The van der Waals surface area contributed by atoms with Crippen LogP contribution < -0.4 is 25.6 Å². The smallest absolute Gasteiger partial charge is 0.271 e. The van der Waals surface area contributed by atoms with Gasteiger partial charge in [0.2, 0.25) is 10.0 Å². The van der Waals surface area contributed by atoms with Gasteiger partial charge < -0.3 is 9.64 Å². The molecule has 10 nitrogen and oxygen atoms in total. The number of anilines is 1. The van der Waals surface area contributed by atoms with Gasteiger partial charge in [0.1, 0.15) is 17.7 Å². The quantitative estimate of drug-likeness (QED) is 0.307. The lowest BCUT2D eigenvalue weighted by molar-refractivity contribution is 0.407. The lowest BCUT2D eigenvalue weighted by atomic mass is 10.00. The summed E-state index contributed by atoms with van der Waals surface area (Å²) in [6.07, 6.45) is 8.10. The van der Waals surface area contributed by atoms with E-state index in [4.69, 9.17) is 4.74 Å². The fourth-order valence-electron chi connectivity index (χ4n) is 4.30. The van der Waals surface area contributed by atoms with Gasteiger partial charge in [-0.3, -0.25) is 4.79 Å². The third-order valence-corrected chi connectivity index (χ3v) is 7.90. The van der Waals surface area contributed by atoms with E-state index in [0.29, 0.717) is 57.3 Å². The number of ether oxygens (including phenoxy) is 1. The summed E-state index contributed by atoms with van der Waals surface area (Å²) in [6.45, 7) is 3.80. The highest BCUT2D eigenvalue weighted by molar-refractivity contribution is 7.89. The Kier molecular flexibility index (Phi) is 7.58. The molecule has 0 amide bonds. The number of hydrogen-bond acceptors (Lipinski definition) is 8. The number of aromatic amines is 1. The highest BCUT2D eigenvalue weighted by Gasteiger charge is 2.20. The van der Waals surface area contributed by atoms with Gasteiger partial charge in [0, 0.05) is 38.3 Å². The van der Waals surface area contributed by atoms with Gasteiger partial charge in [-0.15, -0.1) is 0 Å². The SMILES string of the molecule is C=CC(=CC1=COC2=c3c1n[nH]c(=O)c3=CCC2)CNS(=O)(=O)c1ccc(N=Nc2ccc(N(C)C)cc2)cc1. The summed E-state index contributed by atoms with van der Waals surface area (Å²) in [5.74, 6) is 0.703. The zero-order valence-electron chi connectivity index (χ0n) is 22.1. The van der Waals surface area contributed by atoms with E-state index >= 15 is 0 Å². The molecule has 0 saturated heterocycles. The normalized spacial score (nSPS) is 14.7. The summed E-state index contributed by atoms with van der Waals surface area (Å²) in [5.41, 5.74) is 3.77. The molecular weight excluding hydrogens is 528 g/mol. The molecule has 2 N–H and O–H groups in total. The van der Waals surface area contributed by atoms with Crippen LogP contribution >= 0.6 is 0 Å². The summed E-state index contributed by atoms with van der Waals surface area (Å²) in [7, 11) is 0.102. The minimum Gasteiger partial charge on any atom is -0.468 e. The van der Waals surface area contributed by atoms with Crippen molar-refractivity contribution in [3.8, 4) is 0 Å². The van der Waals surface area contributed by atoms with Gasteiger partial charge in [0.05, 0.1) is 26.7 Å². The first-order chi connectivity index (χ1) is 19.2. The maximum Gasteiger partial charge on any atom is 0.271 e. The van der Waals surface area contributed by atoms with Crippen molar-refractivity contribution in [3.05, 3.63) is 106 Å². The zero-order chi connectivity index (χ0) is 28.3. The van der Waals surface area contributed by atoms with Crippen molar-refractivity contribution < 1.29 is 13.2 Å². The molecule has 0 fully saturated rings. The van der Waals surface area contributed by atoms with Gasteiger partial charge in [0.15, 0.2) is 0 Å². The summed E-state index contributed by atoms with van der Waals surface area (Å²) in [6, 6.07) is 13.7. The van der Waals surface area contributed by atoms with E-state index in [2.05, 4.69) is 31.7 Å². The number of benzene rings is 2. The van der Waals surface area contributed by atoms with Crippen molar-refractivity contribution in [2.24, 2.45) is 10.2 Å². The molecule has 2 aromatic carbocycles. The Bertz CT molecular complexity index is 1840. The second-order valence-electron chi connectivity index (χ2n) is 9.40. The minimum absolute atomic E-state index is 0.0121. The van der Waals surface area contributed by atoms with Crippen LogP contribution in [0.3, 0.4) is 0 Å². The van der Waals surface area contributed by atoms with Crippen molar-refractivity contribution in [2.75, 3.05) is 25.5 Å². The molecule has 0 unspecified atom stereocenters. The summed E-state index contributed by atoms with van der Waals surface area (Å²) in [5, 5.41) is 16.4. The first-order valence-corrected chi connectivity index (χ1v) is 14.0. The molecule has 2 heterocycles. The Labute approximate surface area is 231 Å². The van der Waals surface area contributed by atoms with E-state index in [-0.39, 0.29) is 17.0 Å². The number of H-pyrrole nitrogens is 1. The van der Waals surface area contributed by atoms with Crippen LogP contribution in [0.5, 0.6) is 0 Å². The van der Waals surface area contributed by atoms with E-state index in [0.717, 1.165) is 5.69 Å². The summed E-state index contributed by atoms with van der Waals surface area (Å²) in [4.78, 5) is 14.3. The van der Waals surface area contributed by atoms with E-state index < -0.39 is 10.0 Å². The zero-order valence-corrected chi connectivity index (χ0v) is 22.9. The van der Waals surface area contributed by atoms with Crippen LogP contribution in [0, 0.1) is 0 Å². The lowest BCUT2D eigenvalue weighted by Crippen LogP contribution is -2.47. The first-order valence-electron chi connectivity index (χ1n) is 12.6. The van der Waals surface area contributed by atoms with Gasteiger partial charge in [-0.1, -0.05) is 18.7 Å². The molecule has 2 aliphatic rings. The van der Waals surface area contributed by atoms with Crippen molar-refractivity contribution in [3.63, 3.8) is 0 Å². The Hall–Kier alpha value is -4.61. The van der Waals surface area contributed by atoms with E-state index in [1.807, 2.05) is 49.3 Å². The molecule has 1 aliphatic carbocycles. The molecule has 3 aromatic rings. The molecule has 40 heavy (non-hydrogen) atoms. The fraction of sp³-hybridized carbons (Fsp3) is 0.172. The second kappa shape index (κ2) is 11.2. The van der Waals surface area contributed by atoms with Crippen LogP contribution in [0.2, 0.25) is 0 Å². The van der Waals surface area contributed by atoms with Crippen molar-refractivity contribution in [1.82, 2.24) is 14.9 Å². The average molecular weight is 557 g/mol. The van der Waals surface area contributed by atoms with Gasteiger partial charge in [-0.05, 0) is 66.6 Å². The van der Waals surface area contributed by atoms with Gasteiger partial charge >= 0.3 is 0 Å². The highest BCUT2D eigenvalue weighted by atomic mass is 32.2. The molecule has 0 saturated carbocycles. The van der Waals surface area contributed by atoms with E-state index in [1.54, 1.807) is 30.5 Å². The van der Waals surface area contributed by atoms with Crippen LogP contribution in [0.15, 0.2) is 99.0 Å². The van der Waals surface area contributed by atoms with Crippen molar-refractivity contribution >= 4 is 44.5 Å². The fourth-order valence-corrected chi connectivity index (χ4v) is 5.32. The molecule has 0 spiro atoms. The molecule has 11 heteroatoms. The van der Waals surface area contributed by atoms with Gasteiger partial charge in [-0.25, -0.2) is 18.2 Å². The molecular formula is C29H28N6O4S. The minimum atomic E-state index is -3.82. The van der Waals surface area contributed by atoms with Crippen LogP contribution in [0.1, 0.15) is 18.5 Å². The molecule has 1 aromatic heterocycles. The number of azo groups is 1. The van der Waals surface area contributed by atoms with Crippen LogP contribution in [0.4, 0.5) is 17.1 Å². The monoisotopic (exact) mass is 556 g/mol. The molecule has 5 rings (SSSR count). The predicted molar refractivity (Wildman–Crippen MR) is 155 cm³/mol. The second-order valence-corrected chi connectivity index (χ2v) is 11.2. The maximum atomic E-state index is 13.0. The van der Waals surface area contributed by atoms with Crippen LogP contribution in [-0.4, -0.2) is 39.3 Å². The van der Waals surface area contributed by atoms with E-state index in [1.165, 1.54) is 12.1 Å². The third-order valence-electron chi connectivity index (χ3n) is 6.48. The van der Waals surface area contributed by atoms with Gasteiger partial charge in [-0.2, -0.15) is 15.3 Å². The summed E-state index contributed by atoms with van der Waals surface area (Å²) >= 11 is 0. The first kappa shape index (κ1) is 27.0. The Morgan fingerprint density at radius 1 is 1.12 bits per heavy atom. The number of sulfonamides is 1.